The molecule has 0 aliphatic heterocycles. The predicted molar refractivity (Wildman–Crippen MR) is 114 cm³/mol. The summed E-state index contributed by atoms with van der Waals surface area (Å²) >= 11 is 0. The van der Waals surface area contributed by atoms with Crippen LogP contribution >= 0.6 is 0 Å². The van der Waals surface area contributed by atoms with Gasteiger partial charge in [0.15, 0.2) is 0 Å². The van der Waals surface area contributed by atoms with Crippen LogP contribution in [0.2, 0.25) is 0 Å². The number of aromatic nitrogens is 3. The summed E-state index contributed by atoms with van der Waals surface area (Å²) in [4.78, 5) is 21.0. The first-order valence-corrected chi connectivity index (χ1v) is 9.55. The number of nitrogens with one attached hydrogen (secondary N) is 1. The lowest BCUT2D eigenvalue weighted by molar-refractivity contribution is 0.102. The number of benzene rings is 2. The molecule has 0 aliphatic carbocycles. The predicted octanol–water partition coefficient (Wildman–Crippen LogP) is 4.86. The zero-order valence-electron chi connectivity index (χ0n) is 16.8. The summed E-state index contributed by atoms with van der Waals surface area (Å²) in [7, 11) is 1.65. The molecule has 152 valence electrons. The molecular formula is C23H21FN4O2. The molecule has 0 fully saturated rings. The van der Waals surface area contributed by atoms with Crippen LogP contribution in [0.1, 0.15) is 35.7 Å². The second-order valence-corrected chi connectivity index (χ2v) is 7.48. The van der Waals surface area contributed by atoms with Crippen molar-refractivity contribution in [3.05, 3.63) is 71.8 Å². The van der Waals surface area contributed by atoms with Gasteiger partial charge in [0, 0.05) is 35.3 Å². The van der Waals surface area contributed by atoms with E-state index < -0.39 is 11.7 Å². The van der Waals surface area contributed by atoms with Gasteiger partial charge < -0.3 is 9.67 Å². The minimum Gasteiger partial charge on any atom is -0.492 e. The topological polar surface area (TPSA) is 80.0 Å². The summed E-state index contributed by atoms with van der Waals surface area (Å²) < 4.78 is 16.4. The molecule has 2 N–H and O–H groups in total. The molecule has 2 aromatic carbocycles. The van der Waals surface area contributed by atoms with Gasteiger partial charge in [-0.2, -0.15) is 4.98 Å². The van der Waals surface area contributed by atoms with E-state index in [1.807, 2.05) is 18.2 Å². The molecule has 0 saturated heterocycles. The average molecular weight is 404 g/mol. The number of fused-ring (bicyclic) bond motifs is 1. The number of nitrogens with zero attached hydrogens (tertiary/aromatic N) is 3. The number of rotatable bonds is 4. The highest BCUT2D eigenvalue weighted by molar-refractivity contribution is 6.05. The summed E-state index contributed by atoms with van der Waals surface area (Å²) in [5, 5.41) is 13.0. The lowest BCUT2D eigenvalue weighted by Crippen LogP contribution is -2.15. The molecule has 0 radical (unpaired) electrons. The first kappa shape index (κ1) is 19.6. The van der Waals surface area contributed by atoms with E-state index in [2.05, 4.69) is 35.2 Å². The maximum Gasteiger partial charge on any atom is 0.257 e. The van der Waals surface area contributed by atoms with E-state index in [1.165, 1.54) is 29.0 Å². The van der Waals surface area contributed by atoms with Gasteiger partial charge in [0.25, 0.3) is 5.91 Å². The molecule has 0 bridgehead atoms. The van der Waals surface area contributed by atoms with Crippen molar-refractivity contribution in [2.24, 2.45) is 7.05 Å². The van der Waals surface area contributed by atoms with Crippen LogP contribution in [-0.2, 0) is 7.05 Å². The molecule has 4 rings (SSSR count). The van der Waals surface area contributed by atoms with Crippen LogP contribution in [-0.4, -0.2) is 25.5 Å². The van der Waals surface area contributed by atoms with Gasteiger partial charge in [-0.3, -0.25) is 15.1 Å². The fourth-order valence-corrected chi connectivity index (χ4v) is 3.37. The van der Waals surface area contributed by atoms with Crippen molar-refractivity contribution in [2.45, 2.75) is 19.8 Å². The van der Waals surface area contributed by atoms with Crippen LogP contribution < -0.4 is 5.32 Å². The minimum absolute atomic E-state index is 0.192. The fraction of sp³-hybridized carbons (Fsp3) is 0.174. The molecule has 0 spiro atoms. The van der Waals surface area contributed by atoms with Gasteiger partial charge in [0.1, 0.15) is 5.82 Å². The molecule has 2 aromatic heterocycles. The van der Waals surface area contributed by atoms with E-state index >= 15 is 0 Å². The molecule has 0 unspecified atom stereocenters. The highest BCUT2D eigenvalue weighted by atomic mass is 19.1. The number of hydrogen-bond donors (Lipinski definition) is 2. The van der Waals surface area contributed by atoms with Crippen molar-refractivity contribution >= 4 is 22.8 Å². The summed E-state index contributed by atoms with van der Waals surface area (Å²) in [5.74, 6) is -0.650. The zero-order chi connectivity index (χ0) is 21.4. The Balaban J connectivity index is 1.81. The molecular weight excluding hydrogens is 383 g/mol. The number of amides is 1. The lowest BCUT2D eigenvalue weighted by Gasteiger charge is -2.14. The van der Waals surface area contributed by atoms with Gasteiger partial charge in [-0.25, -0.2) is 4.39 Å². The third kappa shape index (κ3) is 3.61. The van der Waals surface area contributed by atoms with Crippen molar-refractivity contribution in [2.75, 3.05) is 5.32 Å². The highest BCUT2D eigenvalue weighted by Gasteiger charge is 2.17. The first-order valence-electron chi connectivity index (χ1n) is 9.55. The zero-order valence-corrected chi connectivity index (χ0v) is 16.8. The number of carbonyl (C=O) groups is 1. The maximum atomic E-state index is 14.9. The number of carbonyl (C=O) groups excluding carboxylic acids is 1. The largest absolute Gasteiger partial charge is 0.492 e. The Morgan fingerprint density at radius 3 is 2.67 bits per heavy atom. The third-order valence-electron chi connectivity index (χ3n) is 5.00. The molecule has 2 heterocycles. The Hall–Kier alpha value is -3.74. The van der Waals surface area contributed by atoms with E-state index in [0.29, 0.717) is 16.6 Å². The van der Waals surface area contributed by atoms with Gasteiger partial charge in [-0.15, -0.1) is 0 Å². The van der Waals surface area contributed by atoms with Crippen molar-refractivity contribution in [1.29, 1.82) is 0 Å². The Morgan fingerprint density at radius 2 is 1.97 bits per heavy atom. The van der Waals surface area contributed by atoms with Crippen molar-refractivity contribution in [3.63, 3.8) is 0 Å². The standard InChI is InChI=1S/C23H21FN4O2/c1-13(2)16-9-14-5-4-8-25-21(14)18(11-16)17-10-15(6-7-19(17)24)22(30)27-23-26-20(29)12-28(23)3/h4-13,29H,1-3H3,(H,26,27,30). The number of anilines is 1. The molecule has 30 heavy (non-hydrogen) atoms. The monoisotopic (exact) mass is 404 g/mol. The van der Waals surface area contributed by atoms with Crippen molar-refractivity contribution in [1.82, 2.24) is 14.5 Å². The number of aromatic hydroxyl groups is 1. The van der Waals surface area contributed by atoms with Gasteiger partial charge in [0.05, 0.1) is 11.7 Å². The van der Waals surface area contributed by atoms with Crippen LogP contribution in [0, 0.1) is 5.82 Å². The van der Waals surface area contributed by atoms with Gasteiger partial charge in [-0.05, 0) is 47.9 Å². The molecule has 0 atom stereocenters. The Labute approximate surface area is 173 Å². The van der Waals surface area contributed by atoms with E-state index in [9.17, 15) is 14.3 Å². The number of halogens is 1. The highest BCUT2D eigenvalue weighted by Crippen LogP contribution is 2.33. The summed E-state index contributed by atoms with van der Waals surface area (Å²) in [6, 6.07) is 12.0. The Bertz CT molecular complexity index is 1260. The number of pyridine rings is 1. The smallest absolute Gasteiger partial charge is 0.257 e. The maximum absolute atomic E-state index is 14.9. The normalized spacial score (nSPS) is 11.2. The molecule has 7 heteroatoms. The average Bonchev–Trinajstić information content (AvgIpc) is 3.04. The Kier molecular flexibility index (Phi) is 4.95. The number of imidazole rings is 1. The first-order chi connectivity index (χ1) is 14.3. The molecule has 0 aliphatic rings. The van der Waals surface area contributed by atoms with E-state index in [4.69, 9.17) is 0 Å². The van der Waals surface area contributed by atoms with Crippen LogP contribution in [0.5, 0.6) is 5.88 Å². The summed E-state index contributed by atoms with van der Waals surface area (Å²) in [6.07, 6.45) is 3.05. The fourth-order valence-electron chi connectivity index (χ4n) is 3.37. The van der Waals surface area contributed by atoms with Gasteiger partial charge in [0.2, 0.25) is 11.8 Å². The molecule has 0 saturated carbocycles. The van der Waals surface area contributed by atoms with Crippen molar-refractivity contribution in [3.8, 4) is 17.0 Å². The van der Waals surface area contributed by atoms with E-state index in [1.54, 1.807) is 13.2 Å². The Morgan fingerprint density at radius 1 is 1.17 bits per heavy atom. The molecule has 1 amide bonds. The third-order valence-corrected chi connectivity index (χ3v) is 5.00. The van der Waals surface area contributed by atoms with E-state index in [0.717, 1.165) is 10.9 Å². The number of aryl methyl sites for hydroxylation is 1. The summed E-state index contributed by atoms with van der Waals surface area (Å²) in [6.45, 7) is 4.15. The van der Waals surface area contributed by atoms with Crippen LogP contribution in [0.25, 0.3) is 22.0 Å². The SMILES string of the molecule is CC(C)c1cc(-c2cc(C(=O)Nc3nc(O)cn3C)ccc2F)c2ncccc2c1. The van der Waals surface area contributed by atoms with Crippen molar-refractivity contribution < 1.29 is 14.3 Å². The minimum atomic E-state index is -0.456. The second-order valence-electron chi connectivity index (χ2n) is 7.48. The quantitative estimate of drug-likeness (QED) is 0.509. The molecule has 4 aromatic rings. The van der Waals surface area contributed by atoms with Crippen LogP contribution in [0.15, 0.2) is 54.9 Å². The van der Waals surface area contributed by atoms with Crippen LogP contribution in [0.4, 0.5) is 10.3 Å². The summed E-state index contributed by atoms with van der Waals surface area (Å²) in [5.41, 5.74) is 2.94. The van der Waals surface area contributed by atoms with Crippen LogP contribution in [0.3, 0.4) is 0 Å². The second kappa shape index (κ2) is 7.59. The number of hydrogen-bond acceptors (Lipinski definition) is 4. The van der Waals surface area contributed by atoms with Gasteiger partial charge in [-0.1, -0.05) is 19.9 Å². The lowest BCUT2D eigenvalue weighted by atomic mass is 9.93. The van der Waals surface area contributed by atoms with E-state index in [-0.39, 0.29) is 23.3 Å². The molecule has 6 nitrogen and oxygen atoms in total. The van der Waals surface area contributed by atoms with Gasteiger partial charge >= 0.3 is 0 Å².